The molecule has 0 aliphatic carbocycles. The molecule has 0 bridgehead atoms. The normalized spacial score (nSPS) is 11.2. The van der Waals surface area contributed by atoms with E-state index < -0.39 is 0 Å². The first-order valence-corrected chi connectivity index (χ1v) is 10.7. The maximum Gasteiger partial charge on any atom is 0.317 e. The van der Waals surface area contributed by atoms with Gasteiger partial charge in [0, 0.05) is 24.6 Å². The van der Waals surface area contributed by atoms with Crippen molar-refractivity contribution >= 4 is 17.8 Å². The van der Waals surface area contributed by atoms with Crippen LogP contribution in [0.2, 0.25) is 0 Å². The topological polar surface area (TPSA) is 79.3 Å². The van der Waals surface area contributed by atoms with Crippen molar-refractivity contribution in [2.45, 2.75) is 59.3 Å². The van der Waals surface area contributed by atoms with Gasteiger partial charge in [-0.25, -0.2) is 9.48 Å². The number of carbonyl (C=O) groups excluding carboxylic acids is 2. The fourth-order valence-electron chi connectivity index (χ4n) is 2.96. The molecule has 0 spiro atoms. The van der Waals surface area contributed by atoms with Gasteiger partial charge in [0.25, 0.3) is 0 Å². The lowest BCUT2D eigenvalue weighted by molar-refractivity contribution is -0.116. The molecule has 2 rings (SSSR count). The van der Waals surface area contributed by atoms with Crippen molar-refractivity contribution in [3.63, 3.8) is 0 Å². The molecule has 164 valence electrons. The Kier molecular flexibility index (Phi) is 8.45. The van der Waals surface area contributed by atoms with E-state index in [2.05, 4.69) is 38.3 Å². The molecule has 0 aliphatic rings. The quantitative estimate of drug-likeness (QED) is 0.601. The number of aromatic nitrogens is 2. The number of anilines is 1. The lowest BCUT2D eigenvalue weighted by Gasteiger charge is -2.22. The predicted octanol–water partition coefficient (Wildman–Crippen LogP) is 4.33. The minimum absolute atomic E-state index is 0.00335. The smallest absolute Gasteiger partial charge is 0.317 e. The predicted molar refractivity (Wildman–Crippen MR) is 121 cm³/mol. The van der Waals surface area contributed by atoms with Crippen LogP contribution in [0.15, 0.2) is 36.4 Å². The summed E-state index contributed by atoms with van der Waals surface area (Å²) in [5, 5.41) is 10.6. The van der Waals surface area contributed by atoms with Crippen molar-refractivity contribution in [1.29, 1.82) is 0 Å². The Labute approximate surface area is 179 Å². The summed E-state index contributed by atoms with van der Waals surface area (Å²) in [5.41, 5.74) is 1.59. The summed E-state index contributed by atoms with van der Waals surface area (Å²) in [6, 6.07) is 11.4. The number of amides is 3. The zero-order valence-corrected chi connectivity index (χ0v) is 18.9. The third-order valence-electron chi connectivity index (χ3n) is 4.67. The van der Waals surface area contributed by atoms with Gasteiger partial charge >= 0.3 is 6.03 Å². The average molecular weight is 414 g/mol. The van der Waals surface area contributed by atoms with Crippen LogP contribution in [-0.4, -0.2) is 46.3 Å². The SMILES string of the molecule is CCCCNC(=O)N(CCC)CC(=O)Nc1cc(C(C)(C)C)nn1-c1ccccc1. The second-order valence-corrected chi connectivity index (χ2v) is 8.47. The summed E-state index contributed by atoms with van der Waals surface area (Å²) in [4.78, 5) is 26.8. The van der Waals surface area contributed by atoms with E-state index in [9.17, 15) is 9.59 Å². The van der Waals surface area contributed by atoms with Gasteiger partial charge < -0.3 is 15.5 Å². The molecule has 0 saturated carbocycles. The summed E-state index contributed by atoms with van der Waals surface area (Å²) in [7, 11) is 0. The number of rotatable bonds is 9. The number of unbranched alkanes of at least 4 members (excludes halogenated alkanes) is 1. The van der Waals surface area contributed by atoms with Crippen LogP contribution in [0.4, 0.5) is 10.6 Å². The number of nitrogens with zero attached hydrogens (tertiary/aromatic N) is 3. The van der Waals surface area contributed by atoms with Crippen LogP contribution >= 0.6 is 0 Å². The highest BCUT2D eigenvalue weighted by atomic mass is 16.2. The van der Waals surface area contributed by atoms with Gasteiger partial charge in [0.15, 0.2) is 0 Å². The van der Waals surface area contributed by atoms with Crippen molar-refractivity contribution in [3.05, 3.63) is 42.1 Å². The van der Waals surface area contributed by atoms with Gasteiger partial charge in [-0.05, 0) is 25.0 Å². The van der Waals surface area contributed by atoms with Crippen molar-refractivity contribution < 1.29 is 9.59 Å². The molecule has 2 aromatic rings. The first-order valence-electron chi connectivity index (χ1n) is 10.7. The highest BCUT2D eigenvalue weighted by Crippen LogP contribution is 2.26. The number of carbonyl (C=O) groups is 2. The highest BCUT2D eigenvalue weighted by molar-refractivity contribution is 5.94. The second kappa shape index (κ2) is 10.8. The van der Waals surface area contributed by atoms with Crippen LogP contribution < -0.4 is 10.6 Å². The Balaban J connectivity index is 2.18. The number of benzene rings is 1. The molecule has 0 fully saturated rings. The standard InChI is InChI=1S/C23H35N5O2/c1-6-8-14-24-22(30)27(15-7-2)17-21(29)25-20-16-19(23(3,4)5)26-28(20)18-12-10-9-11-13-18/h9-13,16H,6-8,14-15,17H2,1-5H3,(H,24,30)(H,25,29). The van der Waals surface area contributed by atoms with Crippen LogP contribution in [0, 0.1) is 0 Å². The fraction of sp³-hybridized carbons (Fsp3) is 0.522. The van der Waals surface area contributed by atoms with E-state index in [1.54, 1.807) is 9.58 Å². The number of hydrogen-bond acceptors (Lipinski definition) is 3. The molecule has 0 aliphatic heterocycles. The van der Waals surface area contributed by atoms with E-state index in [0.29, 0.717) is 18.9 Å². The Bertz CT molecular complexity index is 824. The van der Waals surface area contributed by atoms with Crippen LogP contribution in [-0.2, 0) is 10.2 Å². The molecule has 0 unspecified atom stereocenters. The maximum absolute atomic E-state index is 12.8. The van der Waals surface area contributed by atoms with E-state index >= 15 is 0 Å². The summed E-state index contributed by atoms with van der Waals surface area (Å²) in [5.74, 6) is 0.352. The van der Waals surface area contributed by atoms with E-state index in [1.807, 2.05) is 43.3 Å². The Hall–Kier alpha value is -2.83. The monoisotopic (exact) mass is 413 g/mol. The van der Waals surface area contributed by atoms with Crippen LogP contribution in [0.25, 0.3) is 5.69 Å². The van der Waals surface area contributed by atoms with Gasteiger partial charge in [-0.15, -0.1) is 0 Å². The number of hydrogen-bond donors (Lipinski definition) is 2. The molecule has 7 nitrogen and oxygen atoms in total. The molecule has 3 amide bonds. The number of para-hydroxylation sites is 1. The van der Waals surface area contributed by atoms with Gasteiger partial charge in [-0.3, -0.25) is 4.79 Å². The minimum atomic E-state index is -0.244. The van der Waals surface area contributed by atoms with Gasteiger partial charge in [-0.1, -0.05) is 59.2 Å². The molecule has 1 heterocycles. The fourth-order valence-corrected chi connectivity index (χ4v) is 2.96. The molecular formula is C23H35N5O2. The molecule has 0 saturated heterocycles. The van der Waals surface area contributed by atoms with Crippen molar-refractivity contribution in [1.82, 2.24) is 20.0 Å². The van der Waals surface area contributed by atoms with Crippen LogP contribution in [0.5, 0.6) is 0 Å². The highest BCUT2D eigenvalue weighted by Gasteiger charge is 2.22. The molecule has 0 radical (unpaired) electrons. The van der Waals surface area contributed by atoms with Gasteiger partial charge in [0.05, 0.1) is 11.4 Å². The third-order valence-corrected chi connectivity index (χ3v) is 4.67. The number of nitrogens with one attached hydrogen (secondary N) is 2. The number of urea groups is 1. The van der Waals surface area contributed by atoms with Gasteiger partial charge in [0.1, 0.15) is 12.4 Å². The molecule has 1 aromatic carbocycles. The van der Waals surface area contributed by atoms with Crippen LogP contribution in [0.3, 0.4) is 0 Å². The zero-order chi connectivity index (χ0) is 22.1. The van der Waals surface area contributed by atoms with E-state index in [-0.39, 0.29) is 23.9 Å². The Morgan fingerprint density at radius 2 is 1.80 bits per heavy atom. The summed E-state index contributed by atoms with van der Waals surface area (Å²) in [6.45, 7) is 11.5. The van der Waals surface area contributed by atoms with Crippen molar-refractivity contribution in [2.24, 2.45) is 0 Å². The maximum atomic E-state index is 12.8. The first kappa shape index (κ1) is 23.4. The van der Waals surface area contributed by atoms with Crippen LogP contribution in [0.1, 0.15) is 59.6 Å². The molecular weight excluding hydrogens is 378 g/mol. The lowest BCUT2D eigenvalue weighted by atomic mass is 9.92. The molecule has 30 heavy (non-hydrogen) atoms. The summed E-state index contributed by atoms with van der Waals surface area (Å²) < 4.78 is 1.74. The van der Waals surface area contributed by atoms with Crippen molar-refractivity contribution in [3.8, 4) is 5.69 Å². The molecule has 2 N–H and O–H groups in total. The molecule has 7 heteroatoms. The van der Waals surface area contributed by atoms with Gasteiger partial charge in [0.2, 0.25) is 5.91 Å². The molecule has 0 atom stereocenters. The van der Waals surface area contributed by atoms with E-state index in [1.165, 1.54) is 0 Å². The Morgan fingerprint density at radius 3 is 2.40 bits per heavy atom. The van der Waals surface area contributed by atoms with E-state index in [0.717, 1.165) is 30.6 Å². The summed E-state index contributed by atoms with van der Waals surface area (Å²) >= 11 is 0. The summed E-state index contributed by atoms with van der Waals surface area (Å²) in [6.07, 6.45) is 2.71. The zero-order valence-electron chi connectivity index (χ0n) is 18.9. The van der Waals surface area contributed by atoms with E-state index in [4.69, 9.17) is 5.10 Å². The minimum Gasteiger partial charge on any atom is -0.338 e. The second-order valence-electron chi connectivity index (χ2n) is 8.47. The molecule has 1 aromatic heterocycles. The largest absolute Gasteiger partial charge is 0.338 e. The average Bonchev–Trinajstić information content (AvgIpc) is 3.12. The Morgan fingerprint density at radius 1 is 1.10 bits per heavy atom. The first-order chi connectivity index (χ1) is 14.3. The van der Waals surface area contributed by atoms with Crippen molar-refractivity contribution in [2.75, 3.05) is 25.0 Å². The lowest BCUT2D eigenvalue weighted by Crippen LogP contribution is -2.44. The van der Waals surface area contributed by atoms with Gasteiger partial charge in [-0.2, -0.15) is 5.10 Å². The third kappa shape index (κ3) is 6.61.